The van der Waals surface area contributed by atoms with Gasteiger partial charge >= 0.3 is 0 Å². The van der Waals surface area contributed by atoms with Crippen LogP contribution in [0, 0.1) is 27.7 Å². The van der Waals surface area contributed by atoms with Crippen molar-refractivity contribution >= 4 is 16.7 Å². The van der Waals surface area contributed by atoms with Crippen LogP contribution in [0.25, 0.3) is 22.1 Å². The number of aryl methyl sites for hydroxylation is 3. The Labute approximate surface area is 191 Å². The normalized spacial score (nSPS) is 11.4. The SMILES string of the molecule is COc1ccc(CNc2c(C)c(C)c3c(-c4ccc(C(C)C)cc4)c(C)oc3c2C)cc1. The van der Waals surface area contributed by atoms with Crippen molar-refractivity contribution in [3.8, 4) is 16.9 Å². The van der Waals surface area contributed by atoms with E-state index in [1.54, 1.807) is 7.11 Å². The van der Waals surface area contributed by atoms with E-state index in [-0.39, 0.29) is 0 Å². The molecule has 0 aliphatic rings. The van der Waals surface area contributed by atoms with Crippen molar-refractivity contribution in [1.82, 2.24) is 0 Å². The van der Waals surface area contributed by atoms with E-state index in [0.717, 1.165) is 34.9 Å². The fraction of sp³-hybridized carbons (Fsp3) is 0.310. The number of nitrogens with one attached hydrogen (secondary N) is 1. The van der Waals surface area contributed by atoms with Crippen molar-refractivity contribution in [2.45, 2.75) is 54.0 Å². The Kier molecular flexibility index (Phi) is 6.01. The molecule has 1 aromatic heterocycles. The Morgan fingerprint density at radius 2 is 1.50 bits per heavy atom. The first-order valence-electron chi connectivity index (χ1n) is 11.3. The highest BCUT2D eigenvalue weighted by molar-refractivity contribution is 6.02. The molecule has 1 heterocycles. The van der Waals surface area contributed by atoms with Crippen LogP contribution in [0.3, 0.4) is 0 Å². The molecule has 0 spiro atoms. The number of fused-ring (bicyclic) bond motifs is 1. The van der Waals surface area contributed by atoms with Crippen molar-refractivity contribution in [3.05, 3.63) is 82.1 Å². The largest absolute Gasteiger partial charge is 0.497 e. The molecule has 0 unspecified atom stereocenters. The predicted molar refractivity (Wildman–Crippen MR) is 135 cm³/mol. The average molecular weight is 428 g/mol. The van der Waals surface area contributed by atoms with Gasteiger partial charge in [0.2, 0.25) is 0 Å². The van der Waals surface area contributed by atoms with E-state index in [0.29, 0.717) is 5.92 Å². The fourth-order valence-electron chi connectivity index (χ4n) is 4.52. The molecule has 0 saturated carbocycles. The first kappa shape index (κ1) is 22.0. The number of furan rings is 1. The molecule has 0 saturated heterocycles. The first-order chi connectivity index (χ1) is 15.3. The summed E-state index contributed by atoms with van der Waals surface area (Å²) in [6.07, 6.45) is 0. The quantitative estimate of drug-likeness (QED) is 0.338. The minimum Gasteiger partial charge on any atom is -0.497 e. The van der Waals surface area contributed by atoms with Gasteiger partial charge in [-0.2, -0.15) is 0 Å². The summed E-state index contributed by atoms with van der Waals surface area (Å²) in [5.41, 5.74) is 10.8. The molecule has 0 fully saturated rings. The summed E-state index contributed by atoms with van der Waals surface area (Å²) in [6.45, 7) is 13.8. The van der Waals surface area contributed by atoms with Gasteiger partial charge in [0.1, 0.15) is 17.1 Å². The smallest absolute Gasteiger partial charge is 0.140 e. The van der Waals surface area contributed by atoms with Gasteiger partial charge in [-0.1, -0.05) is 50.2 Å². The number of ether oxygens (including phenoxy) is 1. The third-order valence-electron chi connectivity index (χ3n) is 6.61. The number of anilines is 1. The predicted octanol–water partition coefficient (Wildman–Crippen LogP) is 8.08. The molecule has 0 atom stereocenters. The summed E-state index contributed by atoms with van der Waals surface area (Å²) in [5.74, 6) is 2.37. The summed E-state index contributed by atoms with van der Waals surface area (Å²) in [7, 11) is 1.69. The van der Waals surface area contributed by atoms with Crippen LogP contribution in [0.2, 0.25) is 0 Å². The lowest BCUT2D eigenvalue weighted by Crippen LogP contribution is -2.04. The number of benzene rings is 3. The Balaban J connectivity index is 1.74. The third-order valence-corrected chi connectivity index (χ3v) is 6.61. The van der Waals surface area contributed by atoms with Crippen LogP contribution < -0.4 is 10.1 Å². The standard InChI is InChI=1S/C29H33NO2/c1-17(2)23-10-12-24(13-11-23)27-21(6)32-29-20(5)28(19(4)18(3)26(27)29)30-16-22-8-14-25(31-7)15-9-22/h8-15,17,30H,16H2,1-7H3. The molecule has 0 radical (unpaired) electrons. The van der Waals surface area contributed by atoms with Crippen LogP contribution in [0.15, 0.2) is 52.9 Å². The zero-order valence-electron chi connectivity index (χ0n) is 20.2. The maximum atomic E-state index is 6.36. The van der Waals surface area contributed by atoms with Crippen LogP contribution in [0.4, 0.5) is 5.69 Å². The monoisotopic (exact) mass is 427 g/mol. The van der Waals surface area contributed by atoms with E-state index in [1.807, 2.05) is 12.1 Å². The summed E-state index contributed by atoms with van der Waals surface area (Å²) in [5, 5.41) is 4.88. The van der Waals surface area contributed by atoms with Crippen molar-refractivity contribution < 1.29 is 9.15 Å². The lowest BCUT2D eigenvalue weighted by Gasteiger charge is -2.17. The highest BCUT2D eigenvalue weighted by Gasteiger charge is 2.21. The van der Waals surface area contributed by atoms with E-state index in [9.17, 15) is 0 Å². The Bertz CT molecular complexity index is 1250. The lowest BCUT2D eigenvalue weighted by molar-refractivity contribution is 0.414. The summed E-state index contributed by atoms with van der Waals surface area (Å²) >= 11 is 0. The summed E-state index contributed by atoms with van der Waals surface area (Å²) in [6, 6.07) is 17.1. The van der Waals surface area contributed by atoms with Crippen molar-refractivity contribution in [2.75, 3.05) is 12.4 Å². The summed E-state index contributed by atoms with van der Waals surface area (Å²) in [4.78, 5) is 0. The first-order valence-corrected chi connectivity index (χ1v) is 11.3. The zero-order valence-corrected chi connectivity index (χ0v) is 20.2. The zero-order chi connectivity index (χ0) is 23.0. The van der Waals surface area contributed by atoms with E-state index < -0.39 is 0 Å². The van der Waals surface area contributed by atoms with Crippen LogP contribution >= 0.6 is 0 Å². The van der Waals surface area contributed by atoms with Crippen LogP contribution in [0.1, 0.15) is 53.3 Å². The minimum atomic E-state index is 0.525. The fourth-order valence-corrected chi connectivity index (χ4v) is 4.52. The molecule has 166 valence electrons. The van der Waals surface area contributed by atoms with E-state index in [1.165, 1.54) is 38.8 Å². The summed E-state index contributed by atoms with van der Waals surface area (Å²) < 4.78 is 11.6. The Morgan fingerprint density at radius 3 is 2.09 bits per heavy atom. The average Bonchev–Trinajstić information content (AvgIpc) is 3.15. The number of methoxy groups -OCH3 is 1. The molecule has 1 N–H and O–H groups in total. The third kappa shape index (κ3) is 3.88. The highest BCUT2D eigenvalue weighted by atomic mass is 16.5. The number of rotatable bonds is 6. The van der Waals surface area contributed by atoms with Crippen LogP contribution in [-0.2, 0) is 6.54 Å². The van der Waals surface area contributed by atoms with Gasteiger partial charge in [0.25, 0.3) is 0 Å². The lowest BCUT2D eigenvalue weighted by atomic mass is 9.92. The molecule has 3 aromatic carbocycles. The molecule has 3 heteroatoms. The van der Waals surface area contributed by atoms with Gasteiger partial charge in [-0.3, -0.25) is 0 Å². The maximum Gasteiger partial charge on any atom is 0.140 e. The molecule has 4 rings (SSSR count). The molecular weight excluding hydrogens is 394 g/mol. The van der Waals surface area contributed by atoms with E-state index in [2.05, 4.69) is 83.3 Å². The molecule has 0 bridgehead atoms. The second-order valence-electron chi connectivity index (χ2n) is 8.97. The van der Waals surface area contributed by atoms with Crippen molar-refractivity contribution in [1.29, 1.82) is 0 Å². The maximum absolute atomic E-state index is 6.36. The molecule has 0 amide bonds. The van der Waals surface area contributed by atoms with Gasteiger partial charge < -0.3 is 14.5 Å². The molecule has 0 aliphatic heterocycles. The van der Waals surface area contributed by atoms with Gasteiger partial charge in [0, 0.05) is 28.7 Å². The second-order valence-corrected chi connectivity index (χ2v) is 8.97. The van der Waals surface area contributed by atoms with Crippen LogP contribution in [-0.4, -0.2) is 7.11 Å². The van der Waals surface area contributed by atoms with Gasteiger partial charge in [-0.25, -0.2) is 0 Å². The Morgan fingerprint density at radius 1 is 0.844 bits per heavy atom. The van der Waals surface area contributed by atoms with E-state index in [4.69, 9.17) is 9.15 Å². The topological polar surface area (TPSA) is 34.4 Å². The molecular formula is C29H33NO2. The Hall–Kier alpha value is -3.20. The number of hydrogen-bond donors (Lipinski definition) is 1. The van der Waals surface area contributed by atoms with Gasteiger partial charge in [0.15, 0.2) is 0 Å². The van der Waals surface area contributed by atoms with E-state index >= 15 is 0 Å². The molecule has 0 aliphatic carbocycles. The van der Waals surface area contributed by atoms with Gasteiger partial charge in [0.05, 0.1) is 7.11 Å². The minimum absolute atomic E-state index is 0.525. The van der Waals surface area contributed by atoms with Gasteiger partial charge in [-0.15, -0.1) is 0 Å². The second kappa shape index (κ2) is 8.74. The highest BCUT2D eigenvalue weighted by Crippen LogP contribution is 2.42. The van der Waals surface area contributed by atoms with Crippen LogP contribution in [0.5, 0.6) is 5.75 Å². The van der Waals surface area contributed by atoms with Crippen molar-refractivity contribution in [3.63, 3.8) is 0 Å². The van der Waals surface area contributed by atoms with Gasteiger partial charge in [-0.05, 0) is 73.6 Å². The van der Waals surface area contributed by atoms with Crippen molar-refractivity contribution in [2.24, 2.45) is 0 Å². The number of hydrogen-bond acceptors (Lipinski definition) is 3. The molecule has 4 aromatic rings. The molecule has 32 heavy (non-hydrogen) atoms. The molecule has 3 nitrogen and oxygen atoms in total.